The predicted molar refractivity (Wildman–Crippen MR) is 125 cm³/mol. The minimum atomic E-state index is -0.113. The third-order valence-corrected chi connectivity index (χ3v) is 6.59. The predicted octanol–water partition coefficient (Wildman–Crippen LogP) is 2.07. The Morgan fingerprint density at radius 1 is 1.31 bits per heavy atom. The van der Waals surface area contributed by atoms with Gasteiger partial charge in [0.05, 0.1) is 5.51 Å². The number of thiazole rings is 1. The third-order valence-electron chi connectivity index (χ3n) is 5.87. The van der Waals surface area contributed by atoms with Gasteiger partial charge < -0.3 is 30.9 Å². The van der Waals surface area contributed by atoms with Crippen LogP contribution in [-0.2, 0) is 0 Å². The molecule has 168 valence electrons. The van der Waals surface area contributed by atoms with Gasteiger partial charge in [0.25, 0.3) is 0 Å². The fourth-order valence-corrected chi connectivity index (χ4v) is 4.66. The van der Waals surface area contributed by atoms with Gasteiger partial charge in [-0.15, -0.1) is 11.3 Å². The van der Waals surface area contributed by atoms with Crippen molar-refractivity contribution >= 4 is 45.2 Å². The molecule has 10 nitrogen and oxygen atoms in total. The molecule has 0 aliphatic carbocycles. The molecule has 2 saturated heterocycles. The van der Waals surface area contributed by atoms with Crippen LogP contribution in [0.5, 0.6) is 5.75 Å². The number of anilines is 3. The minimum Gasteiger partial charge on any atom is -0.488 e. The molecule has 0 bridgehead atoms. The SMILES string of the molecule is Cc1cc(OC2CNC2)ccc1NC(=O)N1CCN(c2nc(N)nc3scnc23)[C@@H](C)C1. The number of carbonyl (C=O) groups is 1. The minimum absolute atomic E-state index is 0.0571. The summed E-state index contributed by atoms with van der Waals surface area (Å²) in [5, 5.41) is 6.23. The molecule has 1 aromatic carbocycles. The van der Waals surface area contributed by atoms with Crippen molar-refractivity contribution in [2.45, 2.75) is 26.0 Å². The van der Waals surface area contributed by atoms with E-state index in [-0.39, 0.29) is 24.1 Å². The highest BCUT2D eigenvalue weighted by atomic mass is 32.1. The van der Waals surface area contributed by atoms with Gasteiger partial charge >= 0.3 is 6.03 Å². The Balaban J connectivity index is 1.24. The molecule has 0 radical (unpaired) electrons. The van der Waals surface area contributed by atoms with Gasteiger partial charge in [0.1, 0.15) is 17.4 Å². The topological polar surface area (TPSA) is 122 Å². The van der Waals surface area contributed by atoms with Gasteiger partial charge in [-0.05, 0) is 37.6 Å². The van der Waals surface area contributed by atoms with Crippen LogP contribution < -0.4 is 26.0 Å². The molecule has 0 unspecified atom stereocenters. The molecule has 0 saturated carbocycles. The maximum Gasteiger partial charge on any atom is 0.321 e. The van der Waals surface area contributed by atoms with Crippen LogP contribution in [0.25, 0.3) is 10.3 Å². The average molecular weight is 455 g/mol. The number of nitrogens with zero attached hydrogens (tertiary/aromatic N) is 5. The molecule has 0 spiro atoms. The Kier molecular flexibility index (Phi) is 5.43. The summed E-state index contributed by atoms with van der Waals surface area (Å²) in [5.74, 6) is 1.79. The van der Waals surface area contributed by atoms with Gasteiger partial charge in [-0.1, -0.05) is 0 Å². The van der Waals surface area contributed by atoms with Crippen molar-refractivity contribution in [1.29, 1.82) is 0 Å². The van der Waals surface area contributed by atoms with E-state index in [4.69, 9.17) is 10.5 Å². The van der Waals surface area contributed by atoms with Crippen molar-refractivity contribution in [3.05, 3.63) is 29.3 Å². The summed E-state index contributed by atoms with van der Waals surface area (Å²) in [6, 6.07) is 5.71. The largest absolute Gasteiger partial charge is 0.488 e. The molecule has 2 aliphatic rings. The smallest absolute Gasteiger partial charge is 0.321 e. The highest BCUT2D eigenvalue weighted by Crippen LogP contribution is 2.29. The molecular weight excluding hydrogens is 428 g/mol. The molecule has 4 heterocycles. The van der Waals surface area contributed by atoms with Crippen molar-refractivity contribution < 1.29 is 9.53 Å². The fraction of sp³-hybridized carbons (Fsp3) is 0.429. The molecule has 11 heteroatoms. The van der Waals surface area contributed by atoms with Crippen molar-refractivity contribution in [2.75, 3.05) is 48.7 Å². The van der Waals surface area contributed by atoms with Gasteiger partial charge in [0, 0.05) is 44.5 Å². The van der Waals surface area contributed by atoms with Crippen LogP contribution in [0.2, 0.25) is 0 Å². The molecule has 2 aromatic heterocycles. The Morgan fingerprint density at radius 3 is 2.88 bits per heavy atom. The molecule has 3 aromatic rings. The first-order chi connectivity index (χ1) is 15.5. The summed E-state index contributed by atoms with van der Waals surface area (Å²) < 4.78 is 5.89. The Morgan fingerprint density at radius 2 is 2.16 bits per heavy atom. The molecule has 5 rings (SSSR count). The second-order valence-corrected chi connectivity index (χ2v) is 9.04. The molecular formula is C21H26N8O2S. The van der Waals surface area contributed by atoms with Gasteiger partial charge in [0.15, 0.2) is 10.6 Å². The maximum atomic E-state index is 13.0. The summed E-state index contributed by atoms with van der Waals surface area (Å²) >= 11 is 1.44. The first kappa shape index (κ1) is 20.7. The zero-order valence-corrected chi connectivity index (χ0v) is 18.9. The van der Waals surface area contributed by atoms with Crippen molar-refractivity contribution in [3.63, 3.8) is 0 Å². The number of ether oxygens (including phenoxy) is 1. The lowest BCUT2D eigenvalue weighted by atomic mass is 10.1. The molecule has 4 N–H and O–H groups in total. The molecule has 1 atom stereocenters. The van der Waals surface area contributed by atoms with Crippen LogP contribution in [0.4, 0.5) is 22.2 Å². The summed E-state index contributed by atoms with van der Waals surface area (Å²) in [7, 11) is 0. The number of nitrogens with two attached hydrogens (primary N) is 1. The zero-order chi connectivity index (χ0) is 22.2. The summed E-state index contributed by atoms with van der Waals surface area (Å²) in [4.78, 5) is 30.8. The van der Waals surface area contributed by atoms with E-state index in [2.05, 4.69) is 37.4 Å². The Labute approximate surface area is 189 Å². The number of rotatable bonds is 4. The lowest BCUT2D eigenvalue weighted by molar-refractivity contribution is 0.142. The summed E-state index contributed by atoms with van der Waals surface area (Å²) in [5.41, 5.74) is 10.2. The number of hydrogen-bond acceptors (Lipinski definition) is 9. The first-order valence-electron chi connectivity index (χ1n) is 10.7. The van der Waals surface area contributed by atoms with E-state index in [1.165, 1.54) is 11.3 Å². The van der Waals surface area contributed by atoms with Crippen molar-refractivity contribution in [2.24, 2.45) is 0 Å². The zero-order valence-electron chi connectivity index (χ0n) is 18.0. The number of nitrogen functional groups attached to an aromatic ring is 1. The number of amides is 2. The fourth-order valence-electron chi connectivity index (χ4n) is 4.00. The van der Waals surface area contributed by atoms with E-state index in [0.717, 1.165) is 46.3 Å². The number of hydrogen-bond donors (Lipinski definition) is 3. The second kappa shape index (κ2) is 8.40. The Bertz CT molecular complexity index is 1150. The van der Waals surface area contributed by atoms with Crippen LogP contribution in [0.3, 0.4) is 0 Å². The maximum absolute atomic E-state index is 13.0. The third kappa shape index (κ3) is 4.00. The quantitative estimate of drug-likeness (QED) is 0.548. The van der Waals surface area contributed by atoms with Gasteiger partial charge in [-0.25, -0.2) is 14.8 Å². The Hall–Kier alpha value is -3.18. The number of benzene rings is 1. The van der Waals surface area contributed by atoms with Crippen molar-refractivity contribution in [1.82, 2.24) is 25.2 Å². The molecule has 32 heavy (non-hydrogen) atoms. The van der Waals surface area contributed by atoms with Crippen LogP contribution >= 0.6 is 11.3 Å². The lowest BCUT2D eigenvalue weighted by Gasteiger charge is -2.40. The number of fused-ring (bicyclic) bond motifs is 1. The summed E-state index contributed by atoms with van der Waals surface area (Å²) in [6.07, 6.45) is 0.225. The molecule has 2 aliphatic heterocycles. The van der Waals surface area contributed by atoms with Crippen molar-refractivity contribution in [3.8, 4) is 5.75 Å². The normalized spacial score (nSPS) is 19.1. The first-order valence-corrected chi connectivity index (χ1v) is 11.5. The monoisotopic (exact) mass is 454 g/mol. The highest BCUT2D eigenvalue weighted by molar-refractivity contribution is 7.16. The summed E-state index contributed by atoms with van der Waals surface area (Å²) in [6.45, 7) is 7.56. The van der Waals surface area contributed by atoms with E-state index >= 15 is 0 Å². The standard InChI is InChI=1S/C21H26N8O2S/c1-12-7-14(31-15-8-23-9-15)3-4-16(12)25-21(30)28-5-6-29(13(2)10-28)18-17-19(32-11-24-17)27-20(22)26-18/h3-4,7,11,13,15,23H,5-6,8-10H2,1-2H3,(H,25,30)(H2,22,26,27)/t13-/m0/s1. The van der Waals surface area contributed by atoms with E-state index in [1.54, 1.807) is 5.51 Å². The molecule has 2 fully saturated rings. The second-order valence-electron chi connectivity index (χ2n) is 8.20. The van der Waals surface area contributed by atoms with Crippen LogP contribution in [0.15, 0.2) is 23.7 Å². The van der Waals surface area contributed by atoms with Gasteiger partial charge in [0.2, 0.25) is 5.95 Å². The van der Waals surface area contributed by atoms with Crippen LogP contribution in [-0.4, -0.2) is 70.8 Å². The van der Waals surface area contributed by atoms with E-state index in [9.17, 15) is 4.79 Å². The van der Waals surface area contributed by atoms with Gasteiger partial charge in [-0.3, -0.25) is 0 Å². The van der Waals surface area contributed by atoms with E-state index < -0.39 is 0 Å². The number of nitrogens with one attached hydrogen (secondary N) is 2. The van der Waals surface area contributed by atoms with Crippen LogP contribution in [0, 0.1) is 6.92 Å². The van der Waals surface area contributed by atoms with Crippen LogP contribution in [0.1, 0.15) is 12.5 Å². The number of carbonyl (C=O) groups excluding carboxylic acids is 1. The number of aromatic nitrogens is 3. The average Bonchev–Trinajstić information content (AvgIpc) is 3.20. The lowest BCUT2D eigenvalue weighted by Crippen LogP contribution is -2.55. The number of urea groups is 1. The van der Waals surface area contributed by atoms with E-state index in [0.29, 0.717) is 19.6 Å². The van der Waals surface area contributed by atoms with Gasteiger partial charge in [-0.2, -0.15) is 4.98 Å². The number of piperazine rings is 1. The van der Waals surface area contributed by atoms with E-state index in [1.807, 2.05) is 30.0 Å². The highest BCUT2D eigenvalue weighted by Gasteiger charge is 2.30. The molecule has 2 amide bonds. The number of aryl methyl sites for hydroxylation is 1.